The first-order valence-electron chi connectivity index (χ1n) is 3.04. The zero-order valence-corrected chi connectivity index (χ0v) is 6.30. The van der Waals surface area contributed by atoms with Crippen LogP contribution in [0.3, 0.4) is 0 Å². The summed E-state index contributed by atoms with van der Waals surface area (Å²) in [5.74, 6) is -5.23. The lowest BCUT2D eigenvalue weighted by atomic mass is 9.59. The number of carboxylic acids is 2. The molecule has 0 aromatic rings. The van der Waals surface area contributed by atoms with E-state index < -0.39 is 29.7 Å². The van der Waals surface area contributed by atoms with Crippen LogP contribution in [-0.4, -0.2) is 51.0 Å². The molecular weight excluding hydrogens is 183 g/mol. The predicted molar refractivity (Wildman–Crippen MR) is 38.6 cm³/mol. The summed E-state index contributed by atoms with van der Waals surface area (Å²) < 4.78 is 0. The summed E-state index contributed by atoms with van der Waals surface area (Å²) in [6, 6.07) is 0. The Hall–Kier alpha value is -1.57. The molecule has 1 radical (unpaired) electrons. The van der Waals surface area contributed by atoms with Gasteiger partial charge in [-0.25, -0.2) is 4.79 Å². The zero-order chi connectivity index (χ0) is 10.6. The molecule has 0 fully saturated rings. The highest BCUT2D eigenvalue weighted by atomic mass is 16.4. The highest BCUT2D eigenvalue weighted by Gasteiger charge is 2.42. The lowest BCUT2D eigenvalue weighted by molar-refractivity contribution is -0.157. The van der Waals surface area contributed by atoms with Crippen LogP contribution in [0, 0.1) is 0 Å². The van der Waals surface area contributed by atoms with Crippen LogP contribution in [0.5, 0.6) is 0 Å². The molecule has 0 saturated carbocycles. The molecule has 1 unspecified atom stereocenters. The first-order valence-corrected chi connectivity index (χ1v) is 3.04. The summed E-state index contributed by atoms with van der Waals surface area (Å²) in [7, 11) is 0.0173. The molecule has 0 aromatic heterocycles. The number of rotatable bonds is 5. The quantitative estimate of drug-likeness (QED) is 0.391. The van der Waals surface area contributed by atoms with Crippen LogP contribution in [0.25, 0.3) is 0 Å². The van der Waals surface area contributed by atoms with Crippen molar-refractivity contribution in [3.8, 4) is 0 Å². The van der Waals surface area contributed by atoms with Gasteiger partial charge < -0.3 is 20.4 Å². The van der Waals surface area contributed by atoms with Gasteiger partial charge in [-0.1, -0.05) is 0 Å². The average Bonchev–Trinajstić information content (AvgIpc) is 1.82. The Morgan fingerprint density at radius 1 is 1.15 bits per heavy atom. The number of aliphatic hydroxyl groups is 1. The minimum Gasteiger partial charge on any atom is -0.490 e. The van der Waals surface area contributed by atoms with E-state index in [4.69, 9.17) is 20.4 Å². The second kappa shape index (κ2) is 3.90. The number of aliphatic carboxylic acids is 2. The Bertz CT molecular complexity index is 231. The summed E-state index contributed by atoms with van der Waals surface area (Å²) in [5, 5.41) is 33.6. The van der Waals surface area contributed by atoms with Gasteiger partial charge in [-0.2, -0.15) is 0 Å². The molecular formula is C5H6BO7. The van der Waals surface area contributed by atoms with E-state index in [1.165, 1.54) is 0 Å². The van der Waals surface area contributed by atoms with Gasteiger partial charge in [0.05, 0.1) is 6.42 Å². The van der Waals surface area contributed by atoms with Crippen molar-refractivity contribution in [1.29, 1.82) is 0 Å². The van der Waals surface area contributed by atoms with Crippen molar-refractivity contribution in [3.63, 3.8) is 0 Å². The molecule has 8 heteroatoms. The van der Waals surface area contributed by atoms with Crippen molar-refractivity contribution in [1.82, 2.24) is 0 Å². The number of hydrogen-bond donors (Lipinski definition) is 4. The van der Waals surface area contributed by atoms with Crippen molar-refractivity contribution in [2.45, 2.75) is 11.9 Å². The van der Waals surface area contributed by atoms with Gasteiger partial charge in [0.1, 0.15) is 0 Å². The standard InChI is InChI=1S/C5H6BO7/c7-2(8)1-5(13,3(9)10)6-4(11)12/h13H,1H2,(H,7,8)(H,9,10)(H,11,12). The van der Waals surface area contributed by atoms with Crippen molar-refractivity contribution < 1.29 is 34.8 Å². The number of carbonyl (C=O) groups is 3. The molecule has 1 atom stereocenters. The molecule has 0 saturated heterocycles. The number of carboxylic acid groups (broad SMARTS) is 3. The summed E-state index contributed by atoms with van der Waals surface area (Å²) in [4.78, 5) is 30.4. The van der Waals surface area contributed by atoms with E-state index in [0.717, 1.165) is 0 Å². The van der Waals surface area contributed by atoms with E-state index in [2.05, 4.69) is 0 Å². The van der Waals surface area contributed by atoms with Gasteiger partial charge in [0, 0.05) is 0 Å². The molecule has 0 aliphatic rings. The second-order valence-electron chi connectivity index (χ2n) is 2.28. The fraction of sp³-hybridized carbons (Fsp3) is 0.400. The summed E-state index contributed by atoms with van der Waals surface area (Å²) in [6.07, 6.45) is -1.20. The maximum absolute atomic E-state index is 10.3. The third-order valence-electron chi connectivity index (χ3n) is 1.15. The number of hydrogen-bond acceptors (Lipinski definition) is 4. The van der Waals surface area contributed by atoms with Gasteiger partial charge in [-0.3, -0.25) is 9.59 Å². The fourth-order valence-corrected chi connectivity index (χ4v) is 0.623. The Morgan fingerprint density at radius 3 is 1.85 bits per heavy atom. The van der Waals surface area contributed by atoms with E-state index in [1.54, 1.807) is 0 Å². The van der Waals surface area contributed by atoms with Gasteiger partial charge in [0.15, 0.2) is 5.50 Å². The average molecular weight is 189 g/mol. The fourth-order valence-electron chi connectivity index (χ4n) is 0.623. The molecule has 0 amide bonds. The van der Waals surface area contributed by atoms with Crippen LogP contribution in [-0.2, 0) is 9.59 Å². The largest absolute Gasteiger partial charge is 0.490 e. The van der Waals surface area contributed by atoms with Gasteiger partial charge in [0.2, 0.25) is 5.87 Å². The third kappa shape index (κ3) is 3.56. The van der Waals surface area contributed by atoms with Crippen LogP contribution in [0.1, 0.15) is 6.42 Å². The molecule has 0 bridgehead atoms. The van der Waals surface area contributed by atoms with Crippen LogP contribution < -0.4 is 0 Å². The summed E-state index contributed by atoms with van der Waals surface area (Å²) in [6.45, 7) is 0. The Balaban J connectivity index is 4.62. The molecule has 0 spiro atoms. The van der Waals surface area contributed by atoms with E-state index >= 15 is 0 Å². The SMILES string of the molecule is O=C(O)[B]C(O)(CC(=O)O)C(=O)O. The lowest BCUT2D eigenvalue weighted by Crippen LogP contribution is -2.49. The van der Waals surface area contributed by atoms with Crippen LogP contribution in [0.2, 0.25) is 0 Å². The van der Waals surface area contributed by atoms with E-state index in [0.29, 0.717) is 0 Å². The van der Waals surface area contributed by atoms with Gasteiger partial charge in [-0.05, 0) is 0 Å². The maximum Gasteiger partial charge on any atom is 0.327 e. The molecule has 0 rings (SSSR count). The molecule has 7 nitrogen and oxygen atoms in total. The Kier molecular flexibility index (Phi) is 3.43. The highest BCUT2D eigenvalue weighted by Crippen LogP contribution is 2.09. The first kappa shape index (κ1) is 11.4. The van der Waals surface area contributed by atoms with Crippen LogP contribution in [0.15, 0.2) is 0 Å². The monoisotopic (exact) mass is 189 g/mol. The molecule has 0 heterocycles. The molecule has 0 aliphatic heterocycles. The normalized spacial score (nSPS) is 14.2. The van der Waals surface area contributed by atoms with E-state index in [-0.39, 0.29) is 7.28 Å². The molecule has 4 N–H and O–H groups in total. The van der Waals surface area contributed by atoms with Crippen LogP contribution in [0.4, 0.5) is 4.79 Å². The smallest absolute Gasteiger partial charge is 0.327 e. The minimum atomic E-state index is -2.86. The van der Waals surface area contributed by atoms with Gasteiger partial charge >= 0.3 is 19.2 Å². The predicted octanol–water partition coefficient (Wildman–Crippen LogP) is -1.38. The summed E-state index contributed by atoms with van der Waals surface area (Å²) in [5.41, 5.74) is -2.86. The molecule has 71 valence electrons. The van der Waals surface area contributed by atoms with Crippen molar-refractivity contribution in [2.75, 3.05) is 0 Å². The third-order valence-corrected chi connectivity index (χ3v) is 1.15. The van der Waals surface area contributed by atoms with E-state index in [1.807, 2.05) is 0 Å². The molecule has 13 heavy (non-hydrogen) atoms. The summed E-state index contributed by atoms with van der Waals surface area (Å²) >= 11 is 0. The first-order chi connectivity index (χ1) is 5.78. The van der Waals surface area contributed by atoms with Crippen molar-refractivity contribution in [3.05, 3.63) is 0 Å². The topological polar surface area (TPSA) is 132 Å². The van der Waals surface area contributed by atoms with Gasteiger partial charge in [-0.15, -0.1) is 0 Å². The minimum absolute atomic E-state index is 0.0173. The lowest BCUT2D eigenvalue weighted by Gasteiger charge is -2.17. The second-order valence-corrected chi connectivity index (χ2v) is 2.28. The van der Waals surface area contributed by atoms with Gasteiger partial charge in [0.25, 0.3) is 0 Å². The van der Waals surface area contributed by atoms with E-state index in [9.17, 15) is 14.4 Å². The molecule has 0 aliphatic carbocycles. The van der Waals surface area contributed by atoms with Crippen molar-refractivity contribution >= 4 is 25.1 Å². The molecule has 0 aromatic carbocycles. The maximum atomic E-state index is 10.3. The van der Waals surface area contributed by atoms with Crippen molar-refractivity contribution in [2.24, 2.45) is 0 Å². The zero-order valence-electron chi connectivity index (χ0n) is 6.30. The highest BCUT2D eigenvalue weighted by molar-refractivity contribution is 6.76. The van der Waals surface area contributed by atoms with Crippen LogP contribution >= 0.6 is 0 Å². The Morgan fingerprint density at radius 2 is 1.62 bits per heavy atom. The Labute approximate surface area is 72.8 Å².